The van der Waals surface area contributed by atoms with Crippen molar-refractivity contribution in [2.24, 2.45) is 5.73 Å². The van der Waals surface area contributed by atoms with E-state index in [-0.39, 0.29) is 5.91 Å². The normalized spacial score (nSPS) is 16.2. The van der Waals surface area contributed by atoms with Crippen LogP contribution in [0.4, 0.5) is 0 Å². The Bertz CT molecular complexity index is 406. The molecule has 1 heterocycles. The number of rotatable bonds is 6. The van der Waals surface area contributed by atoms with Crippen LogP contribution in [0, 0.1) is 0 Å². The standard InChI is InChI=1S/C14H21N3O2/c15-6-5-12-1-3-13(4-2-12)19-10-9-17-8-7-16-14(18)11-17/h1-4H,5-11,15H2,(H,16,18). The molecule has 0 aromatic heterocycles. The number of benzene rings is 1. The van der Waals surface area contributed by atoms with Crippen molar-refractivity contribution in [3.05, 3.63) is 29.8 Å². The molecule has 1 saturated heterocycles. The summed E-state index contributed by atoms with van der Waals surface area (Å²) in [5.41, 5.74) is 6.73. The van der Waals surface area contributed by atoms with Crippen LogP contribution in [0.3, 0.4) is 0 Å². The number of nitrogens with one attached hydrogen (secondary N) is 1. The van der Waals surface area contributed by atoms with Gasteiger partial charge in [-0.15, -0.1) is 0 Å². The summed E-state index contributed by atoms with van der Waals surface area (Å²) in [4.78, 5) is 13.3. The van der Waals surface area contributed by atoms with Gasteiger partial charge in [0, 0.05) is 19.6 Å². The van der Waals surface area contributed by atoms with Crippen molar-refractivity contribution in [3.63, 3.8) is 0 Å². The van der Waals surface area contributed by atoms with Crippen LogP contribution in [0.5, 0.6) is 5.75 Å². The zero-order valence-corrected chi connectivity index (χ0v) is 11.1. The summed E-state index contributed by atoms with van der Waals surface area (Å²) >= 11 is 0. The molecule has 1 amide bonds. The lowest BCUT2D eigenvalue weighted by Crippen LogP contribution is -2.48. The van der Waals surface area contributed by atoms with Gasteiger partial charge >= 0.3 is 0 Å². The molecule has 1 aromatic rings. The third-order valence-corrected chi connectivity index (χ3v) is 3.15. The van der Waals surface area contributed by atoms with E-state index in [1.165, 1.54) is 5.56 Å². The van der Waals surface area contributed by atoms with Gasteiger partial charge in [-0.1, -0.05) is 12.1 Å². The summed E-state index contributed by atoms with van der Waals surface area (Å²) in [5, 5.41) is 2.81. The van der Waals surface area contributed by atoms with E-state index in [2.05, 4.69) is 10.2 Å². The summed E-state index contributed by atoms with van der Waals surface area (Å²) in [6, 6.07) is 8.01. The molecule has 0 atom stereocenters. The van der Waals surface area contributed by atoms with Gasteiger partial charge in [0.1, 0.15) is 12.4 Å². The van der Waals surface area contributed by atoms with Crippen molar-refractivity contribution in [1.82, 2.24) is 10.2 Å². The number of carbonyl (C=O) groups is 1. The molecule has 2 rings (SSSR count). The van der Waals surface area contributed by atoms with E-state index in [0.29, 0.717) is 19.7 Å². The summed E-state index contributed by atoms with van der Waals surface area (Å²) < 4.78 is 5.67. The van der Waals surface area contributed by atoms with E-state index in [1.807, 2.05) is 24.3 Å². The molecule has 0 spiro atoms. The van der Waals surface area contributed by atoms with Gasteiger partial charge in [-0.3, -0.25) is 9.69 Å². The Morgan fingerprint density at radius 2 is 2.11 bits per heavy atom. The molecule has 104 valence electrons. The van der Waals surface area contributed by atoms with Crippen molar-refractivity contribution in [1.29, 1.82) is 0 Å². The highest BCUT2D eigenvalue weighted by Crippen LogP contribution is 2.12. The van der Waals surface area contributed by atoms with Gasteiger partial charge in [-0.2, -0.15) is 0 Å². The van der Waals surface area contributed by atoms with Gasteiger partial charge in [0.2, 0.25) is 5.91 Å². The number of carbonyl (C=O) groups excluding carboxylic acids is 1. The van der Waals surface area contributed by atoms with Crippen LogP contribution < -0.4 is 15.8 Å². The Labute approximate surface area is 113 Å². The molecule has 0 bridgehead atoms. The van der Waals surface area contributed by atoms with Gasteiger partial charge in [0.25, 0.3) is 0 Å². The molecule has 19 heavy (non-hydrogen) atoms. The van der Waals surface area contributed by atoms with Crippen LogP contribution in [0.2, 0.25) is 0 Å². The minimum Gasteiger partial charge on any atom is -0.492 e. The van der Waals surface area contributed by atoms with E-state index >= 15 is 0 Å². The van der Waals surface area contributed by atoms with E-state index in [4.69, 9.17) is 10.5 Å². The van der Waals surface area contributed by atoms with Crippen LogP contribution in [0.15, 0.2) is 24.3 Å². The predicted molar refractivity (Wildman–Crippen MR) is 74.1 cm³/mol. The van der Waals surface area contributed by atoms with Crippen molar-refractivity contribution >= 4 is 5.91 Å². The van der Waals surface area contributed by atoms with Crippen LogP contribution in [-0.2, 0) is 11.2 Å². The molecular weight excluding hydrogens is 242 g/mol. The van der Waals surface area contributed by atoms with Gasteiger partial charge < -0.3 is 15.8 Å². The van der Waals surface area contributed by atoms with Crippen molar-refractivity contribution in [3.8, 4) is 5.75 Å². The fourth-order valence-electron chi connectivity index (χ4n) is 2.09. The molecule has 1 fully saturated rings. The highest BCUT2D eigenvalue weighted by molar-refractivity contribution is 5.78. The largest absolute Gasteiger partial charge is 0.492 e. The minimum atomic E-state index is 0.0948. The number of nitrogens with zero attached hydrogens (tertiary/aromatic N) is 1. The Morgan fingerprint density at radius 1 is 1.32 bits per heavy atom. The monoisotopic (exact) mass is 263 g/mol. The Kier molecular flexibility index (Phi) is 5.18. The quantitative estimate of drug-likeness (QED) is 0.758. The third kappa shape index (κ3) is 4.54. The van der Waals surface area contributed by atoms with Crippen LogP contribution in [-0.4, -0.2) is 50.1 Å². The zero-order valence-electron chi connectivity index (χ0n) is 11.1. The topological polar surface area (TPSA) is 67.6 Å². The lowest BCUT2D eigenvalue weighted by atomic mass is 10.1. The predicted octanol–water partition coefficient (Wildman–Crippen LogP) is -0.00160. The second-order valence-electron chi connectivity index (χ2n) is 4.66. The first kappa shape index (κ1) is 13.8. The number of nitrogens with two attached hydrogens (primary N) is 1. The molecule has 1 aromatic carbocycles. The molecular formula is C14H21N3O2. The molecule has 0 aliphatic carbocycles. The number of hydrogen-bond donors (Lipinski definition) is 2. The maximum Gasteiger partial charge on any atom is 0.234 e. The molecule has 0 saturated carbocycles. The van der Waals surface area contributed by atoms with Crippen molar-refractivity contribution in [2.75, 3.05) is 39.3 Å². The van der Waals surface area contributed by atoms with Gasteiger partial charge in [0.05, 0.1) is 6.54 Å². The number of piperazine rings is 1. The molecule has 5 heteroatoms. The molecule has 3 N–H and O–H groups in total. The number of ether oxygens (including phenoxy) is 1. The maximum atomic E-state index is 11.2. The second-order valence-corrected chi connectivity index (χ2v) is 4.66. The lowest BCUT2D eigenvalue weighted by molar-refractivity contribution is -0.124. The van der Waals surface area contributed by atoms with E-state index < -0.39 is 0 Å². The number of amides is 1. The first-order valence-corrected chi connectivity index (χ1v) is 6.69. The summed E-state index contributed by atoms with van der Waals surface area (Å²) in [6.45, 7) is 4.13. The van der Waals surface area contributed by atoms with Gasteiger partial charge in [-0.25, -0.2) is 0 Å². The average Bonchev–Trinajstić information content (AvgIpc) is 2.41. The fraction of sp³-hybridized carbons (Fsp3) is 0.500. The third-order valence-electron chi connectivity index (χ3n) is 3.15. The van der Waals surface area contributed by atoms with E-state index in [1.54, 1.807) is 0 Å². The first-order valence-electron chi connectivity index (χ1n) is 6.69. The Hall–Kier alpha value is -1.59. The molecule has 0 unspecified atom stereocenters. The molecule has 1 aliphatic rings. The summed E-state index contributed by atoms with van der Waals surface area (Å²) in [7, 11) is 0. The maximum absolute atomic E-state index is 11.2. The average molecular weight is 263 g/mol. The van der Waals surface area contributed by atoms with E-state index in [0.717, 1.165) is 31.8 Å². The first-order chi connectivity index (χ1) is 9.28. The number of hydrogen-bond acceptors (Lipinski definition) is 4. The van der Waals surface area contributed by atoms with Crippen LogP contribution >= 0.6 is 0 Å². The molecule has 1 aliphatic heterocycles. The lowest BCUT2D eigenvalue weighted by Gasteiger charge is -2.26. The highest BCUT2D eigenvalue weighted by Gasteiger charge is 2.15. The molecule has 0 radical (unpaired) electrons. The smallest absolute Gasteiger partial charge is 0.234 e. The Balaban J connectivity index is 1.71. The highest BCUT2D eigenvalue weighted by atomic mass is 16.5. The van der Waals surface area contributed by atoms with Crippen molar-refractivity contribution < 1.29 is 9.53 Å². The zero-order chi connectivity index (χ0) is 13.5. The van der Waals surface area contributed by atoms with Crippen LogP contribution in [0.25, 0.3) is 0 Å². The summed E-state index contributed by atoms with van der Waals surface area (Å²) in [5.74, 6) is 0.958. The Morgan fingerprint density at radius 3 is 2.79 bits per heavy atom. The van der Waals surface area contributed by atoms with Crippen LogP contribution in [0.1, 0.15) is 5.56 Å². The van der Waals surface area contributed by atoms with E-state index in [9.17, 15) is 4.79 Å². The minimum absolute atomic E-state index is 0.0948. The van der Waals surface area contributed by atoms with Gasteiger partial charge in [0.15, 0.2) is 0 Å². The summed E-state index contributed by atoms with van der Waals surface area (Å²) in [6.07, 6.45) is 0.892. The SMILES string of the molecule is NCCc1ccc(OCCN2CCNC(=O)C2)cc1. The van der Waals surface area contributed by atoms with Gasteiger partial charge in [-0.05, 0) is 30.7 Å². The molecule has 5 nitrogen and oxygen atoms in total. The van der Waals surface area contributed by atoms with Crippen molar-refractivity contribution in [2.45, 2.75) is 6.42 Å². The fourth-order valence-corrected chi connectivity index (χ4v) is 2.09. The second kappa shape index (κ2) is 7.11.